The summed E-state index contributed by atoms with van der Waals surface area (Å²) < 4.78 is 17.1. The predicted molar refractivity (Wildman–Crippen MR) is 240 cm³/mol. The van der Waals surface area contributed by atoms with Gasteiger partial charge < -0.3 is 28.6 Å². The molecule has 0 bridgehead atoms. The number of hydrogen-bond donors (Lipinski definition) is 0. The Bertz CT molecular complexity index is 1130. The molecule has 0 aromatic heterocycles. The topological polar surface area (TPSA) is 102 Å². The molecule has 2 atom stereocenters. The molecule has 0 radical (unpaired) electrons. The molecule has 58 heavy (non-hydrogen) atoms. The molecule has 0 fully saturated rings. The van der Waals surface area contributed by atoms with Gasteiger partial charge in [0.2, 0.25) is 0 Å². The molecule has 8 nitrogen and oxygen atoms in total. The first kappa shape index (κ1) is 55.0. The first-order chi connectivity index (χ1) is 28.1. The maximum Gasteiger partial charge on any atom is 0.306 e. The van der Waals surface area contributed by atoms with E-state index in [2.05, 4.69) is 19.9 Å². The summed E-state index contributed by atoms with van der Waals surface area (Å²) in [6.07, 6.45) is 49.9. The van der Waals surface area contributed by atoms with Crippen molar-refractivity contribution >= 4 is 17.9 Å². The van der Waals surface area contributed by atoms with Gasteiger partial charge in [0.25, 0.3) is 0 Å². The molecule has 334 valence electrons. The summed E-state index contributed by atoms with van der Waals surface area (Å²) in [5, 5.41) is 11.6. The Balaban J connectivity index is 4.29. The van der Waals surface area contributed by atoms with E-state index in [-0.39, 0.29) is 49.1 Å². The second kappa shape index (κ2) is 40.8. The Hall–Kier alpha value is -2.97. The minimum Gasteiger partial charge on any atom is -0.544 e. The number of likely N-dealkylation sites (N-methyl/N-ethyl adjacent to an activating group) is 1. The van der Waals surface area contributed by atoms with E-state index in [4.69, 9.17) is 14.2 Å². The van der Waals surface area contributed by atoms with Crippen LogP contribution in [0.15, 0.2) is 60.8 Å². The monoisotopic (exact) mass is 814 g/mol. The molecule has 0 aliphatic heterocycles. The number of carbonyl (C=O) groups is 3. The predicted octanol–water partition coefficient (Wildman–Crippen LogP) is 11.6. The van der Waals surface area contributed by atoms with E-state index in [0.29, 0.717) is 12.8 Å². The van der Waals surface area contributed by atoms with Gasteiger partial charge in [-0.2, -0.15) is 0 Å². The average molecular weight is 814 g/mol. The van der Waals surface area contributed by atoms with Gasteiger partial charge in [0.05, 0.1) is 40.3 Å². The van der Waals surface area contributed by atoms with Crippen LogP contribution < -0.4 is 5.11 Å². The van der Waals surface area contributed by atoms with E-state index in [1.807, 2.05) is 54.7 Å². The molecule has 0 spiro atoms. The van der Waals surface area contributed by atoms with Crippen molar-refractivity contribution < 1.29 is 38.2 Å². The van der Waals surface area contributed by atoms with Crippen LogP contribution in [0.25, 0.3) is 0 Å². The van der Waals surface area contributed by atoms with Crippen molar-refractivity contribution in [2.75, 3.05) is 41.0 Å². The van der Waals surface area contributed by atoms with Gasteiger partial charge in [-0.1, -0.05) is 203 Å². The molecular weight excluding hydrogens is 727 g/mol. The second-order valence-corrected chi connectivity index (χ2v) is 16.7. The van der Waals surface area contributed by atoms with Gasteiger partial charge in [0.1, 0.15) is 12.6 Å². The van der Waals surface area contributed by atoms with Gasteiger partial charge in [-0.15, -0.1) is 0 Å². The van der Waals surface area contributed by atoms with Gasteiger partial charge in [0, 0.05) is 19.3 Å². The largest absolute Gasteiger partial charge is 0.544 e. The summed E-state index contributed by atoms with van der Waals surface area (Å²) in [4.78, 5) is 36.8. The number of unbranched alkanes of at least 4 members (excludes halogenated alkanes) is 21. The van der Waals surface area contributed by atoms with Crippen molar-refractivity contribution in [3.05, 3.63) is 60.8 Å². The number of carboxylic acids is 1. The highest BCUT2D eigenvalue weighted by Crippen LogP contribution is 2.16. The van der Waals surface area contributed by atoms with Crippen molar-refractivity contribution in [3.63, 3.8) is 0 Å². The standard InChI is InChI=1S/C50H87NO7/c1-6-8-10-12-14-16-18-20-21-22-23-24-25-26-27-29-30-32-34-36-38-40-48(52)57-45-46(44-56-43-42-47(50(54)55)51(3,4)5)58-49(53)41-39-37-35-33-31-28-19-17-15-13-11-9-7-2/h9,11,13,15,17,19,28,31,33,35,46-47H,6-8,10,12,14,16,18,20-27,29-30,32,34,36-45H2,1-5H3/b11-9+,15-13+,19-17+,31-28+,35-33+. The molecule has 0 amide bonds. The van der Waals surface area contributed by atoms with Crippen LogP contribution in [0, 0.1) is 0 Å². The molecule has 0 N–H and O–H groups in total. The summed E-state index contributed by atoms with van der Waals surface area (Å²) in [6, 6.07) is -0.739. The maximum atomic E-state index is 12.7. The third-order valence-corrected chi connectivity index (χ3v) is 10.3. The number of ether oxygens (including phenoxy) is 3. The van der Waals surface area contributed by atoms with Gasteiger partial charge >= 0.3 is 11.9 Å². The number of nitrogens with zero attached hydrogens (tertiary/aromatic N) is 1. The van der Waals surface area contributed by atoms with Crippen LogP contribution in [-0.2, 0) is 28.6 Å². The Morgan fingerprint density at radius 2 is 0.966 bits per heavy atom. The molecular formula is C50H87NO7. The van der Waals surface area contributed by atoms with Crippen LogP contribution in [0.5, 0.6) is 0 Å². The van der Waals surface area contributed by atoms with Crippen LogP contribution in [0.4, 0.5) is 0 Å². The summed E-state index contributed by atoms with van der Waals surface area (Å²) in [5.74, 6) is -1.83. The van der Waals surface area contributed by atoms with Crippen LogP contribution in [-0.4, -0.2) is 75.5 Å². The first-order valence-corrected chi connectivity index (χ1v) is 23.4. The van der Waals surface area contributed by atoms with E-state index in [9.17, 15) is 19.5 Å². The lowest BCUT2D eigenvalue weighted by Gasteiger charge is -2.34. The maximum absolute atomic E-state index is 12.7. The minimum absolute atomic E-state index is 0.0115. The number of hydrogen-bond acceptors (Lipinski definition) is 7. The minimum atomic E-state index is -1.14. The van der Waals surface area contributed by atoms with E-state index in [1.54, 1.807) is 21.1 Å². The Kier molecular flexibility index (Phi) is 38.7. The van der Waals surface area contributed by atoms with Crippen LogP contribution in [0.3, 0.4) is 0 Å². The van der Waals surface area contributed by atoms with Crippen molar-refractivity contribution in [2.45, 2.75) is 199 Å². The molecule has 8 heteroatoms. The molecule has 0 rings (SSSR count). The fourth-order valence-electron chi connectivity index (χ4n) is 6.69. The van der Waals surface area contributed by atoms with E-state index >= 15 is 0 Å². The number of allylic oxidation sites excluding steroid dienone is 10. The lowest BCUT2D eigenvalue weighted by molar-refractivity contribution is -0.889. The third kappa shape index (κ3) is 38.5. The molecule has 0 aliphatic carbocycles. The zero-order chi connectivity index (χ0) is 42.8. The van der Waals surface area contributed by atoms with Crippen LogP contribution in [0.2, 0.25) is 0 Å². The third-order valence-electron chi connectivity index (χ3n) is 10.3. The fourth-order valence-corrected chi connectivity index (χ4v) is 6.69. The lowest BCUT2D eigenvalue weighted by atomic mass is 10.0. The molecule has 0 saturated heterocycles. The number of rotatable bonds is 41. The Labute approximate surface area is 356 Å². The average Bonchev–Trinajstić information content (AvgIpc) is 3.18. The van der Waals surface area contributed by atoms with Gasteiger partial charge in [-0.3, -0.25) is 9.59 Å². The Morgan fingerprint density at radius 3 is 1.41 bits per heavy atom. The number of carbonyl (C=O) groups excluding carboxylic acids is 3. The molecule has 0 saturated carbocycles. The van der Waals surface area contributed by atoms with E-state index in [0.717, 1.165) is 32.1 Å². The van der Waals surface area contributed by atoms with Gasteiger partial charge in [-0.25, -0.2) is 0 Å². The van der Waals surface area contributed by atoms with E-state index < -0.39 is 18.1 Å². The van der Waals surface area contributed by atoms with Crippen molar-refractivity contribution in [1.29, 1.82) is 0 Å². The number of carboxylic acid groups (broad SMARTS) is 1. The van der Waals surface area contributed by atoms with E-state index in [1.165, 1.54) is 116 Å². The fraction of sp³-hybridized carbons (Fsp3) is 0.740. The molecule has 0 aliphatic rings. The van der Waals surface area contributed by atoms with Crippen molar-refractivity contribution in [2.24, 2.45) is 0 Å². The smallest absolute Gasteiger partial charge is 0.306 e. The second-order valence-electron chi connectivity index (χ2n) is 16.7. The number of aliphatic carboxylic acids is 1. The molecule has 0 aromatic carbocycles. The highest BCUT2D eigenvalue weighted by Gasteiger charge is 2.25. The molecule has 0 heterocycles. The number of esters is 2. The van der Waals surface area contributed by atoms with Crippen LogP contribution in [0.1, 0.15) is 187 Å². The van der Waals surface area contributed by atoms with Gasteiger partial charge in [0.15, 0.2) is 6.10 Å². The molecule has 2 unspecified atom stereocenters. The first-order valence-electron chi connectivity index (χ1n) is 23.4. The Morgan fingerprint density at radius 1 is 0.534 bits per heavy atom. The van der Waals surface area contributed by atoms with Gasteiger partial charge in [-0.05, 0) is 25.7 Å². The van der Waals surface area contributed by atoms with Crippen molar-refractivity contribution in [3.8, 4) is 0 Å². The zero-order valence-electron chi connectivity index (χ0n) is 37.9. The van der Waals surface area contributed by atoms with Crippen LogP contribution >= 0.6 is 0 Å². The SMILES string of the molecule is CC/C=C/C=C/C=C/C=C/C=C/CCCC(=O)OC(COCCC(C(=O)[O-])[N+](C)(C)C)COC(=O)CCCCCCCCCCCCCCCCCCCCCCC. The quantitative estimate of drug-likeness (QED) is 0.0262. The normalized spacial score (nSPS) is 13.5. The molecule has 0 aromatic rings. The van der Waals surface area contributed by atoms with Crippen molar-refractivity contribution in [1.82, 2.24) is 0 Å². The zero-order valence-corrected chi connectivity index (χ0v) is 37.9. The summed E-state index contributed by atoms with van der Waals surface area (Å²) in [6.45, 7) is 4.45. The summed E-state index contributed by atoms with van der Waals surface area (Å²) >= 11 is 0. The highest BCUT2D eigenvalue weighted by molar-refractivity contribution is 5.70. The number of quaternary nitrogens is 1. The summed E-state index contributed by atoms with van der Waals surface area (Å²) in [7, 11) is 5.38. The lowest BCUT2D eigenvalue weighted by Crippen LogP contribution is -2.55. The highest BCUT2D eigenvalue weighted by atomic mass is 16.6. The summed E-state index contributed by atoms with van der Waals surface area (Å²) in [5.41, 5.74) is 0.